The van der Waals surface area contributed by atoms with Gasteiger partial charge in [-0.3, -0.25) is 4.40 Å². The molecule has 0 saturated heterocycles. The van der Waals surface area contributed by atoms with E-state index in [1.165, 1.54) is 0 Å². The van der Waals surface area contributed by atoms with E-state index >= 15 is 0 Å². The van der Waals surface area contributed by atoms with Gasteiger partial charge in [0.2, 0.25) is 0 Å². The predicted molar refractivity (Wildman–Crippen MR) is 63.7 cm³/mol. The van der Waals surface area contributed by atoms with Crippen molar-refractivity contribution in [3.8, 4) is 0 Å². The van der Waals surface area contributed by atoms with Crippen molar-refractivity contribution in [3.63, 3.8) is 0 Å². The van der Waals surface area contributed by atoms with E-state index in [2.05, 4.69) is 29.0 Å². The highest BCUT2D eigenvalue weighted by molar-refractivity contribution is 6.29. The lowest BCUT2D eigenvalue weighted by Crippen LogP contribution is -2.05. The molecule has 0 N–H and O–H groups in total. The molecule has 0 spiro atoms. The minimum absolute atomic E-state index is 0.465. The standard InChI is InChI=1S/C11H15ClN4/c1-4-7(2)5-10-14-15-11-6-9(12)13-8(3)16(10)11/h6-7H,4-5H2,1-3H3. The van der Waals surface area contributed by atoms with Crippen molar-refractivity contribution in [1.82, 2.24) is 19.6 Å². The van der Waals surface area contributed by atoms with E-state index in [0.717, 1.165) is 30.1 Å². The normalized spacial score (nSPS) is 13.2. The summed E-state index contributed by atoms with van der Waals surface area (Å²) < 4.78 is 1.97. The van der Waals surface area contributed by atoms with Gasteiger partial charge >= 0.3 is 0 Å². The first kappa shape index (κ1) is 11.3. The van der Waals surface area contributed by atoms with Crippen LogP contribution in [0.3, 0.4) is 0 Å². The summed E-state index contributed by atoms with van der Waals surface area (Å²) in [6.07, 6.45) is 2.05. The number of aromatic nitrogens is 4. The highest BCUT2D eigenvalue weighted by Gasteiger charge is 2.11. The molecule has 0 bridgehead atoms. The SMILES string of the molecule is CCC(C)Cc1nnc2cc(Cl)nc(C)n12. The Morgan fingerprint density at radius 1 is 1.44 bits per heavy atom. The summed E-state index contributed by atoms with van der Waals surface area (Å²) in [5.41, 5.74) is 0.774. The predicted octanol–water partition coefficient (Wildman–Crippen LogP) is 2.67. The molecule has 4 nitrogen and oxygen atoms in total. The third-order valence-electron chi connectivity index (χ3n) is 2.82. The highest BCUT2D eigenvalue weighted by Crippen LogP contribution is 2.15. The average molecular weight is 239 g/mol. The summed E-state index contributed by atoms with van der Waals surface area (Å²) in [7, 11) is 0. The zero-order valence-corrected chi connectivity index (χ0v) is 10.5. The third-order valence-corrected chi connectivity index (χ3v) is 3.02. The zero-order valence-electron chi connectivity index (χ0n) is 9.74. The van der Waals surface area contributed by atoms with Crippen LogP contribution in [0.25, 0.3) is 5.65 Å². The van der Waals surface area contributed by atoms with Gasteiger partial charge in [0.15, 0.2) is 5.65 Å². The van der Waals surface area contributed by atoms with Crippen molar-refractivity contribution < 1.29 is 0 Å². The van der Waals surface area contributed by atoms with Crippen LogP contribution in [0.2, 0.25) is 5.15 Å². The van der Waals surface area contributed by atoms with Gasteiger partial charge in [-0.05, 0) is 12.8 Å². The molecule has 86 valence electrons. The van der Waals surface area contributed by atoms with Crippen molar-refractivity contribution in [1.29, 1.82) is 0 Å². The number of aryl methyl sites for hydroxylation is 1. The monoisotopic (exact) mass is 238 g/mol. The van der Waals surface area contributed by atoms with Crippen LogP contribution in [0.15, 0.2) is 6.07 Å². The van der Waals surface area contributed by atoms with Crippen LogP contribution in [0, 0.1) is 12.8 Å². The minimum Gasteiger partial charge on any atom is -0.267 e. The first-order valence-electron chi connectivity index (χ1n) is 5.49. The lowest BCUT2D eigenvalue weighted by molar-refractivity contribution is 0.539. The molecule has 0 amide bonds. The molecule has 2 aromatic rings. The second-order valence-corrected chi connectivity index (χ2v) is 4.54. The molecular weight excluding hydrogens is 224 g/mol. The summed E-state index contributed by atoms with van der Waals surface area (Å²) in [5.74, 6) is 2.40. The first-order chi connectivity index (χ1) is 7.61. The number of nitrogens with zero attached hydrogens (tertiary/aromatic N) is 4. The van der Waals surface area contributed by atoms with Crippen LogP contribution >= 0.6 is 11.6 Å². The number of halogens is 1. The zero-order chi connectivity index (χ0) is 11.7. The lowest BCUT2D eigenvalue weighted by atomic mass is 10.1. The van der Waals surface area contributed by atoms with Crippen LogP contribution in [-0.2, 0) is 6.42 Å². The fourth-order valence-electron chi connectivity index (χ4n) is 1.71. The Labute approximate surface area is 99.7 Å². The summed E-state index contributed by atoms with van der Waals surface area (Å²) in [6.45, 7) is 6.30. The maximum Gasteiger partial charge on any atom is 0.165 e. The Morgan fingerprint density at radius 2 is 2.19 bits per heavy atom. The first-order valence-corrected chi connectivity index (χ1v) is 5.86. The molecule has 5 heteroatoms. The molecule has 0 aliphatic heterocycles. The van der Waals surface area contributed by atoms with Gasteiger partial charge in [-0.25, -0.2) is 4.98 Å². The molecule has 2 aromatic heterocycles. The summed E-state index contributed by atoms with van der Waals surface area (Å²) in [5, 5.41) is 8.78. The number of rotatable bonds is 3. The van der Waals surface area contributed by atoms with E-state index in [1.54, 1.807) is 6.07 Å². The molecule has 1 atom stereocenters. The fourth-order valence-corrected chi connectivity index (χ4v) is 1.93. The van der Waals surface area contributed by atoms with Gasteiger partial charge < -0.3 is 0 Å². The van der Waals surface area contributed by atoms with Gasteiger partial charge in [-0.1, -0.05) is 31.9 Å². The maximum atomic E-state index is 5.87. The highest BCUT2D eigenvalue weighted by atomic mass is 35.5. The van der Waals surface area contributed by atoms with Crippen molar-refractivity contribution in [3.05, 3.63) is 22.9 Å². The van der Waals surface area contributed by atoms with Crippen LogP contribution < -0.4 is 0 Å². The molecule has 2 rings (SSSR count). The fraction of sp³-hybridized carbons (Fsp3) is 0.545. The molecule has 0 saturated carbocycles. The second kappa shape index (κ2) is 4.37. The minimum atomic E-state index is 0.465. The molecule has 16 heavy (non-hydrogen) atoms. The number of hydrogen-bond acceptors (Lipinski definition) is 3. The molecule has 0 radical (unpaired) electrons. The Bertz CT molecular complexity index is 506. The molecule has 0 aliphatic carbocycles. The Morgan fingerprint density at radius 3 is 2.88 bits per heavy atom. The van der Waals surface area contributed by atoms with Crippen LogP contribution in [-0.4, -0.2) is 19.6 Å². The number of fused-ring (bicyclic) bond motifs is 1. The maximum absolute atomic E-state index is 5.87. The molecular formula is C11H15ClN4. The van der Waals surface area contributed by atoms with E-state index in [-0.39, 0.29) is 0 Å². The van der Waals surface area contributed by atoms with E-state index in [4.69, 9.17) is 11.6 Å². The van der Waals surface area contributed by atoms with E-state index in [1.807, 2.05) is 11.3 Å². The summed E-state index contributed by atoms with van der Waals surface area (Å²) in [4.78, 5) is 4.22. The van der Waals surface area contributed by atoms with Crippen LogP contribution in [0.1, 0.15) is 31.9 Å². The summed E-state index contributed by atoms with van der Waals surface area (Å²) in [6, 6.07) is 1.74. The van der Waals surface area contributed by atoms with Gasteiger partial charge in [0.25, 0.3) is 0 Å². The summed E-state index contributed by atoms with van der Waals surface area (Å²) >= 11 is 5.87. The molecule has 0 fully saturated rings. The number of hydrogen-bond donors (Lipinski definition) is 0. The van der Waals surface area contributed by atoms with Gasteiger partial charge in [-0.15, -0.1) is 10.2 Å². The largest absolute Gasteiger partial charge is 0.267 e. The van der Waals surface area contributed by atoms with Crippen molar-refractivity contribution >= 4 is 17.2 Å². The van der Waals surface area contributed by atoms with E-state index in [9.17, 15) is 0 Å². The van der Waals surface area contributed by atoms with Crippen LogP contribution in [0.4, 0.5) is 0 Å². The Kier molecular flexibility index (Phi) is 3.10. The Balaban J connectivity index is 2.48. The molecule has 0 aliphatic rings. The Hall–Kier alpha value is -1.16. The van der Waals surface area contributed by atoms with Gasteiger partial charge in [0.1, 0.15) is 16.8 Å². The average Bonchev–Trinajstić information content (AvgIpc) is 2.61. The lowest BCUT2D eigenvalue weighted by Gasteiger charge is -2.07. The topological polar surface area (TPSA) is 43.1 Å². The smallest absolute Gasteiger partial charge is 0.165 e. The van der Waals surface area contributed by atoms with Crippen molar-refractivity contribution in [2.24, 2.45) is 5.92 Å². The van der Waals surface area contributed by atoms with Crippen molar-refractivity contribution in [2.45, 2.75) is 33.6 Å². The quantitative estimate of drug-likeness (QED) is 0.773. The van der Waals surface area contributed by atoms with Gasteiger partial charge in [0.05, 0.1) is 0 Å². The third kappa shape index (κ3) is 2.02. The molecule has 1 unspecified atom stereocenters. The van der Waals surface area contributed by atoms with Gasteiger partial charge in [0, 0.05) is 12.5 Å². The van der Waals surface area contributed by atoms with Gasteiger partial charge in [-0.2, -0.15) is 0 Å². The molecule has 0 aromatic carbocycles. The van der Waals surface area contributed by atoms with E-state index in [0.29, 0.717) is 11.1 Å². The van der Waals surface area contributed by atoms with Crippen LogP contribution in [0.5, 0.6) is 0 Å². The second-order valence-electron chi connectivity index (χ2n) is 4.15. The van der Waals surface area contributed by atoms with Crippen molar-refractivity contribution in [2.75, 3.05) is 0 Å². The van der Waals surface area contributed by atoms with E-state index < -0.39 is 0 Å². The molecule has 2 heterocycles.